The van der Waals surface area contributed by atoms with E-state index in [4.69, 9.17) is 9.84 Å². The van der Waals surface area contributed by atoms with Gasteiger partial charge in [-0.25, -0.2) is 0 Å². The second-order valence-corrected chi connectivity index (χ2v) is 4.21. The van der Waals surface area contributed by atoms with Crippen LogP contribution in [0.1, 0.15) is 24.8 Å². The molecule has 0 aliphatic heterocycles. The Morgan fingerprint density at radius 1 is 1.20 bits per heavy atom. The summed E-state index contributed by atoms with van der Waals surface area (Å²) in [7, 11) is 0. The maximum absolute atomic E-state index is 9.07. The van der Waals surface area contributed by atoms with Crippen LogP contribution in [-0.2, 0) is 11.2 Å². The van der Waals surface area contributed by atoms with E-state index < -0.39 is 0 Å². The zero-order valence-corrected chi connectivity index (χ0v) is 8.93. The van der Waals surface area contributed by atoms with Gasteiger partial charge in [-0.05, 0) is 31.2 Å². The number of benzene rings is 1. The molecule has 82 valence electrons. The third-order valence-corrected chi connectivity index (χ3v) is 2.88. The summed E-state index contributed by atoms with van der Waals surface area (Å²) in [5.41, 5.74) is 1.37. The lowest BCUT2D eigenvalue weighted by atomic mass is 9.92. The summed E-state index contributed by atoms with van der Waals surface area (Å²) in [5.74, 6) is 0. The molecule has 0 spiro atoms. The second kappa shape index (κ2) is 5.29. The van der Waals surface area contributed by atoms with Gasteiger partial charge in [0.2, 0.25) is 0 Å². The molecule has 1 aromatic rings. The molecule has 0 unspecified atom stereocenters. The summed E-state index contributed by atoms with van der Waals surface area (Å²) in [6.07, 6.45) is 4.00. The molecule has 0 saturated heterocycles. The van der Waals surface area contributed by atoms with Crippen LogP contribution in [0.25, 0.3) is 0 Å². The SMILES string of the molecule is OC1CC(OCCCc2ccccc2)C1. The van der Waals surface area contributed by atoms with Gasteiger partial charge in [-0.15, -0.1) is 0 Å². The molecule has 1 saturated carbocycles. The first-order valence-corrected chi connectivity index (χ1v) is 5.68. The molecule has 1 aromatic carbocycles. The number of aliphatic hydroxyl groups is 1. The van der Waals surface area contributed by atoms with E-state index in [1.807, 2.05) is 6.07 Å². The van der Waals surface area contributed by atoms with E-state index in [0.29, 0.717) is 6.10 Å². The van der Waals surface area contributed by atoms with E-state index in [9.17, 15) is 0 Å². The molecule has 0 aromatic heterocycles. The number of ether oxygens (including phenoxy) is 1. The van der Waals surface area contributed by atoms with Crippen LogP contribution in [0, 0.1) is 0 Å². The van der Waals surface area contributed by atoms with E-state index in [2.05, 4.69) is 24.3 Å². The average molecular weight is 206 g/mol. The summed E-state index contributed by atoms with van der Waals surface area (Å²) in [6, 6.07) is 10.5. The molecule has 1 aliphatic rings. The van der Waals surface area contributed by atoms with Gasteiger partial charge in [0.1, 0.15) is 0 Å². The number of rotatable bonds is 5. The second-order valence-electron chi connectivity index (χ2n) is 4.21. The minimum absolute atomic E-state index is 0.107. The lowest BCUT2D eigenvalue weighted by molar-refractivity contribution is -0.0710. The highest BCUT2D eigenvalue weighted by atomic mass is 16.5. The van der Waals surface area contributed by atoms with Crippen molar-refractivity contribution in [2.75, 3.05) is 6.61 Å². The molecule has 2 nitrogen and oxygen atoms in total. The normalized spacial score (nSPS) is 24.9. The smallest absolute Gasteiger partial charge is 0.0624 e. The van der Waals surface area contributed by atoms with Crippen molar-refractivity contribution in [2.24, 2.45) is 0 Å². The Bertz CT molecular complexity index is 278. The third-order valence-electron chi connectivity index (χ3n) is 2.88. The van der Waals surface area contributed by atoms with E-state index in [0.717, 1.165) is 32.3 Å². The van der Waals surface area contributed by atoms with Crippen molar-refractivity contribution in [1.29, 1.82) is 0 Å². The van der Waals surface area contributed by atoms with Gasteiger partial charge in [-0.1, -0.05) is 30.3 Å². The molecule has 15 heavy (non-hydrogen) atoms. The highest BCUT2D eigenvalue weighted by Crippen LogP contribution is 2.22. The number of aliphatic hydroxyl groups excluding tert-OH is 1. The summed E-state index contributed by atoms with van der Waals surface area (Å²) < 4.78 is 5.61. The van der Waals surface area contributed by atoms with Crippen LogP contribution in [0.4, 0.5) is 0 Å². The molecule has 0 bridgehead atoms. The number of hydrogen-bond donors (Lipinski definition) is 1. The van der Waals surface area contributed by atoms with E-state index in [-0.39, 0.29) is 6.10 Å². The Balaban J connectivity index is 1.56. The Morgan fingerprint density at radius 3 is 2.60 bits per heavy atom. The quantitative estimate of drug-likeness (QED) is 0.748. The predicted molar refractivity (Wildman–Crippen MR) is 59.7 cm³/mol. The first kappa shape index (κ1) is 10.7. The average Bonchev–Trinajstić information content (AvgIpc) is 2.23. The van der Waals surface area contributed by atoms with Crippen molar-refractivity contribution in [3.05, 3.63) is 35.9 Å². The number of hydrogen-bond acceptors (Lipinski definition) is 2. The standard InChI is InChI=1S/C13H18O2/c14-12-9-13(10-12)15-8-4-7-11-5-2-1-3-6-11/h1-3,5-6,12-14H,4,7-10H2. The maximum Gasteiger partial charge on any atom is 0.0624 e. The summed E-state index contributed by atoms with van der Waals surface area (Å²) >= 11 is 0. The molecule has 0 heterocycles. The fourth-order valence-electron chi connectivity index (χ4n) is 1.84. The van der Waals surface area contributed by atoms with Gasteiger partial charge in [0, 0.05) is 6.61 Å². The molecule has 0 amide bonds. The van der Waals surface area contributed by atoms with Gasteiger partial charge < -0.3 is 9.84 Å². The van der Waals surface area contributed by atoms with Crippen molar-refractivity contribution in [1.82, 2.24) is 0 Å². The topological polar surface area (TPSA) is 29.5 Å². The predicted octanol–water partition coefficient (Wildman–Crippen LogP) is 2.16. The summed E-state index contributed by atoms with van der Waals surface area (Å²) in [6.45, 7) is 0.812. The van der Waals surface area contributed by atoms with Crippen LogP contribution in [0.3, 0.4) is 0 Å². The molecule has 1 aliphatic carbocycles. The van der Waals surface area contributed by atoms with Gasteiger partial charge >= 0.3 is 0 Å². The fourth-order valence-corrected chi connectivity index (χ4v) is 1.84. The van der Waals surface area contributed by atoms with Crippen LogP contribution in [0.5, 0.6) is 0 Å². The van der Waals surface area contributed by atoms with Crippen LogP contribution in [0.15, 0.2) is 30.3 Å². The summed E-state index contributed by atoms with van der Waals surface area (Å²) in [5, 5.41) is 9.07. The highest BCUT2D eigenvalue weighted by Gasteiger charge is 2.27. The minimum atomic E-state index is -0.107. The zero-order chi connectivity index (χ0) is 10.5. The summed E-state index contributed by atoms with van der Waals surface area (Å²) in [4.78, 5) is 0. The van der Waals surface area contributed by atoms with Gasteiger partial charge in [-0.2, -0.15) is 0 Å². The molecular weight excluding hydrogens is 188 g/mol. The van der Waals surface area contributed by atoms with Gasteiger partial charge in [0.05, 0.1) is 12.2 Å². The van der Waals surface area contributed by atoms with Crippen molar-refractivity contribution in [3.63, 3.8) is 0 Å². The van der Waals surface area contributed by atoms with Gasteiger partial charge in [0.25, 0.3) is 0 Å². The van der Waals surface area contributed by atoms with Crippen molar-refractivity contribution in [2.45, 2.75) is 37.9 Å². The molecule has 2 rings (SSSR count). The fraction of sp³-hybridized carbons (Fsp3) is 0.538. The lowest BCUT2D eigenvalue weighted by Crippen LogP contribution is -2.35. The van der Waals surface area contributed by atoms with Crippen LogP contribution >= 0.6 is 0 Å². The van der Waals surface area contributed by atoms with Gasteiger partial charge in [0.15, 0.2) is 0 Å². The minimum Gasteiger partial charge on any atom is -0.393 e. The number of aryl methyl sites for hydroxylation is 1. The van der Waals surface area contributed by atoms with E-state index >= 15 is 0 Å². The third kappa shape index (κ3) is 3.33. The monoisotopic (exact) mass is 206 g/mol. The van der Waals surface area contributed by atoms with Crippen molar-refractivity contribution in [3.8, 4) is 0 Å². The molecule has 1 N–H and O–H groups in total. The lowest BCUT2D eigenvalue weighted by Gasteiger charge is -2.31. The molecule has 2 heteroatoms. The maximum atomic E-state index is 9.07. The van der Waals surface area contributed by atoms with E-state index in [1.165, 1.54) is 5.56 Å². The Morgan fingerprint density at radius 2 is 1.93 bits per heavy atom. The highest BCUT2D eigenvalue weighted by molar-refractivity contribution is 5.14. The molecular formula is C13H18O2. The first-order valence-electron chi connectivity index (χ1n) is 5.68. The molecule has 1 fully saturated rings. The van der Waals surface area contributed by atoms with Crippen LogP contribution < -0.4 is 0 Å². The Labute approximate surface area is 90.9 Å². The first-order chi connectivity index (χ1) is 7.34. The van der Waals surface area contributed by atoms with Gasteiger partial charge in [-0.3, -0.25) is 0 Å². The Kier molecular flexibility index (Phi) is 3.75. The van der Waals surface area contributed by atoms with Crippen LogP contribution in [0.2, 0.25) is 0 Å². The molecule has 0 radical (unpaired) electrons. The largest absolute Gasteiger partial charge is 0.393 e. The molecule has 0 atom stereocenters. The van der Waals surface area contributed by atoms with Crippen molar-refractivity contribution < 1.29 is 9.84 Å². The van der Waals surface area contributed by atoms with Crippen molar-refractivity contribution >= 4 is 0 Å². The zero-order valence-electron chi connectivity index (χ0n) is 8.93. The Hall–Kier alpha value is -0.860. The van der Waals surface area contributed by atoms with Crippen LogP contribution in [-0.4, -0.2) is 23.9 Å². The van der Waals surface area contributed by atoms with E-state index in [1.54, 1.807) is 0 Å².